The number of anilines is 1. The van der Waals surface area contributed by atoms with Gasteiger partial charge in [0.15, 0.2) is 0 Å². The molecule has 0 amide bonds. The molecule has 4 nitrogen and oxygen atoms in total. The van der Waals surface area contributed by atoms with E-state index >= 15 is 0 Å². The van der Waals surface area contributed by atoms with E-state index in [4.69, 9.17) is 4.74 Å². The van der Waals surface area contributed by atoms with Crippen LogP contribution in [-0.2, 0) is 9.53 Å². The second-order valence-corrected chi connectivity index (χ2v) is 8.53. The first-order valence-electron chi connectivity index (χ1n) is 10.4. The lowest BCUT2D eigenvalue weighted by molar-refractivity contribution is -0.142. The van der Waals surface area contributed by atoms with Crippen LogP contribution in [0.25, 0.3) is 0 Å². The maximum atomic E-state index is 12.0. The standard InChI is InChI=1S/C22H32N2O2/c1-18-5-7-19(8-6-18)24-15-13-23(14-16-24)12-9-20-22(17-21(25)26-20)10-3-2-4-11-22/h5-8,20H,2-4,9-17H2,1H3/t20-/m0/s1. The Labute approximate surface area is 157 Å². The van der Waals surface area contributed by atoms with Gasteiger partial charge in [-0.05, 0) is 38.3 Å². The molecule has 0 radical (unpaired) electrons. The summed E-state index contributed by atoms with van der Waals surface area (Å²) in [5.74, 6) is 0.0427. The second-order valence-electron chi connectivity index (χ2n) is 8.53. The molecule has 1 aliphatic carbocycles. The molecule has 0 aromatic heterocycles. The highest BCUT2D eigenvalue weighted by molar-refractivity contribution is 5.73. The van der Waals surface area contributed by atoms with Crippen LogP contribution >= 0.6 is 0 Å². The molecule has 3 fully saturated rings. The molecule has 1 aromatic carbocycles. The Morgan fingerprint density at radius 3 is 2.42 bits per heavy atom. The number of piperazine rings is 1. The third-order valence-electron chi connectivity index (χ3n) is 6.78. The number of hydrogen-bond donors (Lipinski definition) is 0. The fourth-order valence-electron chi connectivity index (χ4n) is 5.13. The molecule has 1 spiro atoms. The van der Waals surface area contributed by atoms with Crippen LogP contribution in [0.1, 0.15) is 50.5 Å². The number of rotatable bonds is 4. The monoisotopic (exact) mass is 356 g/mol. The Morgan fingerprint density at radius 1 is 1.04 bits per heavy atom. The number of ether oxygens (including phenoxy) is 1. The van der Waals surface area contributed by atoms with E-state index < -0.39 is 0 Å². The molecule has 3 aliphatic rings. The van der Waals surface area contributed by atoms with E-state index in [0.717, 1.165) is 39.1 Å². The predicted molar refractivity (Wildman–Crippen MR) is 104 cm³/mol. The third-order valence-corrected chi connectivity index (χ3v) is 6.78. The second kappa shape index (κ2) is 7.59. The van der Waals surface area contributed by atoms with Gasteiger partial charge in [0, 0.05) is 43.8 Å². The normalized spacial score (nSPS) is 26.3. The fraction of sp³-hybridized carbons (Fsp3) is 0.682. The van der Waals surface area contributed by atoms with Gasteiger partial charge in [-0.25, -0.2) is 0 Å². The average molecular weight is 357 g/mol. The van der Waals surface area contributed by atoms with Crippen molar-refractivity contribution in [2.45, 2.75) is 58.0 Å². The number of hydrogen-bond acceptors (Lipinski definition) is 4. The van der Waals surface area contributed by atoms with Gasteiger partial charge in [-0.3, -0.25) is 9.69 Å². The van der Waals surface area contributed by atoms with Crippen molar-refractivity contribution in [3.05, 3.63) is 29.8 Å². The van der Waals surface area contributed by atoms with Gasteiger partial charge in [0.1, 0.15) is 6.10 Å². The number of aryl methyl sites for hydroxylation is 1. The van der Waals surface area contributed by atoms with Gasteiger partial charge in [0.2, 0.25) is 0 Å². The zero-order valence-electron chi connectivity index (χ0n) is 16.1. The Balaban J connectivity index is 1.28. The molecule has 1 saturated carbocycles. The predicted octanol–water partition coefficient (Wildman–Crippen LogP) is 3.77. The number of carbonyl (C=O) groups excluding carboxylic acids is 1. The summed E-state index contributed by atoms with van der Waals surface area (Å²) in [7, 11) is 0. The molecular formula is C22H32N2O2. The van der Waals surface area contributed by atoms with Crippen LogP contribution in [0.5, 0.6) is 0 Å². The minimum absolute atomic E-state index is 0.0427. The van der Waals surface area contributed by atoms with E-state index in [9.17, 15) is 4.79 Å². The van der Waals surface area contributed by atoms with Crippen LogP contribution in [0.2, 0.25) is 0 Å². The summed E-state index contributed by atoms with van der Waals surface area (Å²) in [5.41, 5.74) is 2.82. The minimum atomic E-state index is 0.0427. The Bertz CT molecular complexity index is 614. The molecule has 26 heavy (non-hydrogen) atoms. The lowest BCUT2D eigenvalue weighted by Crippen LogP contribution is -2.47. The summed E-state index contributed by atoms with van der Waals surface area (Å²) < 4.78 is 5.77. The number of esters is 1. The zero-order valence-corrected chi connectivity index (χ0v) is 16.1. The summed E-state index contributed by atoms with van der Waals surface area (Å²) in [4.78, 5) is 17.0. The van der Waals surface area contributed by atoms with Gasteiger partial charge < -0.3 is 9.64 Å². The molecule has 0 bridgehead atoms. The van der Waals surface area contributed by atoms with Gasteiger partial charge in [-0.1, -0.05) is 37.0 Å². The van der Waals surface area contributed by atoms with Gasteiger partial charge in [0.05, 0.1) is 6.42 Å². The van der Waals surface area contributed by atoms with Gasteiger partial charge in [0.25, 0.3) is 0 Å². The Kier molecular flexibility index (Phi) is 5.21. The maximum absolute atomic E-state index is 12.0. The Hall–Kier alpha value is -1.55. The molecule has 1 atom stereocenters. The molecule has 2 saturated heterocycles. The van der Waals surface area contributed by atoms with E-state index in [1.807, 2.05) is 0 Å². The van der Waals surface area contributed by atoms with Crippen molar-refractivity contribution in [3.8, 4) is 0 Å². The molecule has 2 aliphatic heterocycles. The first-order chi connectivity index (χ1) is 12.6. The van der Waals surface area contributed by atoms with Crippen LogP contribution in [0.4, 0.5) is 5.69 Å². The number of carbonyl (C=O) groups is 1. The first-order valence-corrected chi connectivity index (χ1v) is 10.4. The van der Waals surface area contributed by atoms with Crippen molar-refractivity contribution in [2.24, 2.45) is 5.41 Å². The molecule has 0 unspecified atom stereocenters. The SMILES string of the molecule is Cc1ccc(N2CCN(CC[C@@H]3OC(=O)CC34CCCCC4)CC2)cc1. The molecule has 0 N–H and O–H groups in total. The van der Waals surface area contributed by atoms with Gasteiger partial charge in [-0.15, -0.1) is 0 Å². The molecule has 2 heterocycles. The topological polar surface area (TPSA) is 32.8 Å². The largest absolute Gasteiger partial charge is 0.462 e. The molecule has 1 aromatic rings. The van der Waals surface area contributed by atoms with Crippen molar-refractivity contribution < 1.29 is 9.53 Å². The smallest absolute Gasteiger partial charge is 0.306 e. The van der Waals surface area contributed by atoms with Crippen molar-refractivity contribution in [1.29, 1.82) is 0 Å². The summed E-state index contributed by atoms with van der Waals surface area (Å²) in [6.07, 6.45) is 8.06. The van der Waals surface area contributed by atoms with Crippen molar-refractivity contribution >= 4 is 11.7 Å². The van der Waals surface area contributed by atoms with Crippen molar-refractivity contribution in [2.75, 3.05) is 37.6 Å². The lowest BCUT2D eigenvalue weighted by atomic mass is 9.68. The minimum Gasteiger partial charge on any atom is -0.462 e. The average Bonchev–Trinajstić information content (AvgIpc) is 2.96. The van der Waals surface area contributed by atoms with Crippen LogP contribution in [-0.4, -0.2) is 49.7 Å². The number of benzene rings is 1. The first kappa shape index (κ1) is 17.8. The molecule has 142 valence electrons. The summed E-state index contributed by atoms with van der Waals surface area (Å²) in [5, 5.41) is 0. The van der Waals surface area contributed by atoms with Crippen molar-refractivity contribution in [3.63, 3.8) is 0 Å². The van der Waals surface area contributed by atoms with Gasteiger partial charge >= 0.3 is 5.97 Å². The third kappa shape index (κ3) is 3.75. The van der Waals surface area contributed by atoms with Crippen molar-refractivity contribution in [1.82, 2.24) is 4.90 Å². The zero-order chi connectivity index (χ0) is 18.0. The fourth-order valence-corrected chi connectivity index (χ4v) is 5.13. The highest BCUT2D eigenvalue weighted by Crippen LogP contribution is 2.48. The summed E-state index contributed by atoms with van der Waals surface area (Å²) in [6, 6.07) is 8.85. The Morgan fingerprint density at radius 2 is 1.73 bits per heavy atom. The van der Waals surface area contributed by atoms with E-state index in [1.165, 1.54) is 43.4 Å². The maximum Gasteiger partial charge on any atom is 0.306 e. The van der Waals surface area contributed by atoms with Crippen LogP contribution in [0, 0.1) is 12.3 Å². The van der Waals surface area contributed by atoms with Crippen LogP contribution in [0.3, 0.4) is 0 Å². The summed E-state index contributed by atoms with van der Waals surface area (Å²) >= 11 is 0. The van der Waals surface area contributed by atoms with E-state index in [2.05, 4.69) is 41.0 Å². The lowest BCUT2D eigenvalue weighted by Gasteiger charge is -2.39. The quantitative estimate of drug-likeness (QED) is 0.769. The van der Waals surface area contributed by atoms with E-state index in [0.29, 0.717) is 6.42 Å². The van der Waals surface area contributed by atoms with Crippen LogP contribution in [0.15, 0.2) is 24.3 Å². The van der Waals surface area contributed by atoms with E-state index in [-0.39, 0.29) is 17.5 Å². The molecular weight excluding hydrogens is 324 g/mol. The summed E-state index contributed by atoms with van der Waals surface area (Å²) in [6.45, 7) is 7.55. The highest BCUT2D eigenvalue weighted by atomic mass is 16.6. The van der Waals surface area contributed by atoms with Crippen LogP contribution < -0.4 is 4.90 Å². The van der Waals surface area contributed by atoms with E-state index in [1.54, 1.807) is 0 Å². The number of cyclic esters (lactones) is 1. The molecule has 4 heteroatoms. The number of nitrogens with zero attached hydrogens (tertiary/aromatic N) is 2. The molecule has 4 rings (SSSR count). The van der Waals surface area contributed by atoms with Gasteiger partial charge in [-0.2, -0.15) is 0 Å². The highest BCUT2D eigenvalue weighted by Gasteiger charge is 2.48.